The smallest absolute Gasteiger partial charge is 0.208 e. The molecule has 8 heteroatoms. The molecule has 0 fully saturated rings. The lowest BCUT2D eigenvalue weighted by atomic mass is 10.4. The largest absolute Gasteiger partial charge is 0.311 e. The molecule has 0 saturated heterocycles. The molecule has 0 atom stereocenters. The summed E-state index contributed by atoms with van der Waals surface area (Å²) in [5, 5.41) is 10.7. The summed E-state index contributed by atoms with van der Waals surface area (Å²) < 4.78 is 25.6. The number of nitrogens with one attached hydrogen (secondary N) is 2. The van der Waals surface area contributed by atoms with Crippen LogP contribution >= 0.6 is 0 Å². The minimum atomic E-state index is -3.06. The van der Waals surface area contributed by atoms with E-state index in [0.29, 0.717) is 13.1 Å². The maximum atomic E-state index is 10.7. The molecule has 92 valence electrons. The molecule has 0 saturated carbocycles. The Morgan fingerprint density at radius 3 is 2.75 bits per heavy atom. The first-order valence-electron chi connectivity index (χ1n) is 4.98. The zero-order chi connectivity index (χ0) is 12.0. The van der Waals surface area contributed by atoms with Gasteiger partial charge in [-0.05, 0) is 13.0 Å². The van der Waals surface area contributed by atoms with Gasteiger partial charge < -0.3 is 5.32 Å². The summed E-state index contributed by atoms with van der Waals surface area (Å²) in [6.45, 7) is 1.88. The maximum Gasteiger partial charge on any atom is 0.208 e. The number of rotatable bonds is 7. The second-order valence-corrected chi connectivity index (χ2v) is 5.38. The molecule has 0 spiro atoms. The van der Waals surface area contributed by atoms with Crippen LogP contribution in [0.3, 0.4) is 0 Å². The van der Waals surface area contributed by atoms with Gasteiger partial charge >= 0.3 is 0 Å². The van der Waals surface area contributed by atoms with Crippen molar-refractivity contribution < 1.29 is 8.42 Å². The van der Waals surface area contributed by atoms with Gasteiger partial charge in [-0.3, -0.25) is 4.68 Å². The molecule has 2 N–H and O–H groups in total. The van der Waals surface area contributed by atoms with E-state index in [1.165, 1.54) is 0 Å². The zero-order valence-corrected chi connectivity index (χ0v) is 10.3. The monoisotopic (exact) mass is 247 g/mol. The van der Waals surface area contributed by atoms with Gasteiger partial charge in [0.1, 0.15) is 0 Å². The van der Waals surface area contributed by atoms with Crippen molar-refractivity contribution in [3.05, 3.63) is 11.9 Å². The van der Waals surface area contributed by atoms with E-state index in [2.05, 4.69) is 20.4 Å². The summed E-state index contributed by atoms with van der Waals surface area (Å²) in [4.78, 5) is 0. The minimum Gasteiger partial charge on any atom is -0.311 e. The molecule has 16 heavy (non-hydrogen) atoms. The van der Waals surface area contributed by atoms with Crippen molar-refractivity contribution in [3.8, 4) is 0 Å². The molecule has 0 radical (unpaired) electrons. The first-order chi connectivity index (χ1) is 7.49. The van der Waals surface area contributed by atoms with E-state index >= 15 is 0 Å². The fraction of sp³-hybridized carbons (Fsp3) is 0.750. The van der Waals surface area contributed by atoms with E-state index in [-0.39, 0.29) is 0 Å². The summed E-state index contributed by atoms with van der Waals surface area (Å²) >= 11 is 0. The van der Waals surface area contributed by atoms with Crippen molar-refractivity contribution in [2.24, 2.45) is 7.05 Å². The van der Waals surface area contributed by atoms with Gasteiger partial charge in [0.2, 0.25) is 10.0 Å². The van der Waals surface area contributed by atoms with Crippen molar-refractivity contribution in [2.75, 3.05) is 19.3 Å². The lowest BCUT2D eigenvalue weighted by Crippen LogP contribution is -2.26. The van der Waals surface area contributed by atoms with E-state index in [4.69, 9.17) is 0 Å². The lowest BCUT2D eigenvalue weighted by molar-refractivity contribution is 0.573. The Morgan fingerprint density at radius 2 is 2.19 bits per heavy atom. The van der Waals surface area contributed by atoms with Gasteiger partial charge in [0.15, 0.2) is 0 Å². The number of sulfonamides is 1. The highest BCUT2D eigenvalue weighted by Crippen LogP contribution is 1.91. The van der Waals surface area contributed by atoms with Crippen LogP contribution in [0.5, 0.6) is 0 Å². The summed E-state index contributed by atoms with van der Waals surface area (Å²) in [5.41, 5.74) is 0.996. The van der Waals surface area contributed by atoms with E-state index in [1.54, 1.807) is 10.9 Å². The third-order valence-corrected chi connectivity index (χ3v) is 2.74. The van der Waals surface area contributed by atoms with Crippen LogP contribution in [-0.4, -0.2) is 42.8 Å². The standard InChI is InChI=1S/C8H17N5O2S/c1-13-8(7-10-12-13)6-9-4-3-5-11-16(2,14)15/h7,9,11H,3-6H2,1-2H3. The average molecular weight is 247 g/mol. The Labute approximate surface area is 95.3 Å². The average Bonchev–Trinajstić information content (AvgIpc) is 2.56. The van der Waals surface area contributed by atoms with Crippen LogP contribution < -0.4 is 10.0 Å². The van der Waals surface area contributed by atoms with Gasteiger partial charge in [-0.2, -0.15) is 0 Å². The number of aromatic nitrogens is 3. The van der Waals surface area contributed by atoms with Gasteiger partial charge in [0.05, 0.1) is 18.1 Å². The Balaban J connectivity index is 2.07. The molecule has 0 aromatic carbocycles. The first-order valence-corrected chi connectivity index (χ1v) is 6.87. The minimum absolute atomic E-state index is 0.454. The molecule has 1 heterocycles. The van der Waals surface area contributed by atoms with Crippen LogP contribution in [0, 0.1) is 0 Å². The molecule has 0 aliphatic heterocycles. The highest BCUT2D eigenvalue weighted by atomic mass is 32.2. The maximum absolute atomic E-state index is 10.7. The molecule has 0 bridgehead atoms. The highest BCUT2D eigenvalue weighted by molar-refractivity contribution is 7.88. The molecule has 0 aliphatic carbocycles. The second kappa shape index (κ2) is 5.92. The van der Waals surface area contributed by atoms with Crippen LogP contribution in [0.2, 0.25) is 0 Å². The number of nitrogens with zero attached hydrogens (tertiary/aromatic N) is 3. The topological polar surface area (TPSA) is 88.9 Å². The molecule has 1 aromatic heterocycles. The first kappa shape index (κ1) is 13.1. The lowest BCUT2D eigenvalue weighted by Gasteiger charge is -2.04. The quantitative estimate of drug-likeness (QED) is 0.594. The van der Waals surface area contributed by atoms with E-state index in [1.807, 2.05) is 7.05 Å². The van der Waals surface area contributed by atoms with Gasteiger partial charge in [-0.25, -0.2) is 13.1 Å². The second-order valence-electron chi connectivity index (χ2n) is 3.55. The normalized spacial score (nSPS) is 11.9. The molecule has 1 rings (SSSR count). The van der Waals surface area contributed by atoms with Crippen LogP contribution in [0.1, 0.15) is 12.1 Å². The predicted molar refractivity (Wildman–Crippen MR) is 60.2 cm³/mol. The summed E-state index contributed by atoms with van der Waals surface area (Å²) in [5.74, 6) is 0. The fourth-order valence-corrected chi connectivity index (χ4v) is 1.67. The Bertz CT molecular complexity index is 414. The molecule has 0 unspecified atom stereocenters. The molecular weight excluding hydrogens is 230 g/mol. The van der Waals surface area contributed by atoms with E-state index < -0.39 is 10.0 Å². The van der Waals surface area contributed by atoms with Gasteiger partial charge in [-0.1, -0.05) is 5.21 Å². The van der Waals surface area contributed by atoms with Crippen molar-refractivity contribution in [1.29, 1.82) is 0 Å². The Hall–Kier alpha value is -0.990. The Morgan fingerprint density at radius 1 is 1.44 bits per heavy atom. The number of hydrogen-bond donors (Lipinski definition) is 2. The molecule has 7 nitrogen and oxygen atoms in total. The number of hydrogen-bond acceptors (Lipinski definition) is 5. The van der Waals surface area contributed by atoms with Crippen LogP contribution in [0.25, 0.3) is 0 Å². The fourth-order valence-electron chi connectivity index (χ4n) is 1.16. The van der Waals surface area contributed by atoms with Gasteiger partial charge in [0.25, 0.3) is 0 Å². The third-order valence-electron chi connectivity index (χ3n) is 2.01. The third kappa shape index (κ3) is 5.19. The van der Waals surface area contributed by atoms with Crippen molar-refractivity contribution in [2.45, 2.75) is 13.0 Å². The molecule has 0 amide bonds. The van der Waals surface area contributed by atoms with Crippen molar-refractivity contribution >= 4 is 10.0 Å². The van der Waals surface area contributed by atoms with Crippen molar-refractivity contribution in [1.82, 2.24) is 25.0 Å². The van der Waals surface area contributed by atoms with Crippen LogP contribution in [0.4, 0.5) is 0 Å². The van der Waals surface area contributed by atoms with E-state index in [9.17, 15) is 8.42 Å². The number of aryl methyl sites for hydroxylation is 1. The predicted octanol–water partition coefficient (Wildman–Crippen LogP) is -1.16. The van der Waals surface area contributed by atoms with Gasteiger partial charge in [-0.15, -0.1) is 5.10 Å². The van der Waals surface area contributed by atoms with Gasteiger partial charge in [0, 0.05) is 20.1 Å². The molecular formula is C8H17N5O2S. The van der Waals surface area contributed by atoms with Crippen LogP contribution in [-0.2, 0) is 23.6 Å². The molecule has 1 aromatic rings. The Kier molecular flexibility index (Phi) is 4.84. The summed E-state index contributed by atoms with van der Waals surface area (Å²) in [7, 11) is -1.23. The van der Waals surface area contributed by atoms with Crippen molar-refractivity contribution in [3.63, 3.8) is 0 Å². The SMILES string of the molecule is Cn1nncc1CNCCCNS(C)(=O)=O. The summed E-state index contributed by atoms with van der Waals surface area (Å²) in [6.07, 6.45) is 3.60. The van der Waals surface area contributed by atoms with Crippen LogP contribution in [0.15, 0.2) is 6.20 Å². The molecule has 0 aliphatic rings. The van der Waals surface area contributed by atoms with E-state index in [0.717, 1.165) is 24.9 Å². The zero-order valence-electron chi connectivity index (χ0n) is 9.47. The highest BCUT2D eigenvalue weighted by Gasteiger charge is 2.00. The summed E-state index contributed by atoms with van der Waals surface area (Å²) in [6, 6.07) is 0.